The van der Waals surface area contributed by atoms with Crippen LogP contribution in [0.15, 0.2) is 91.3 Å². The maximum atomic E-state index is 6.05. The summed E-state index contributed by atoms with van der Waals surface area (Å²) in [4.78, 5) is 8.67. The van der Waals surface area contributed by atoms with Crippen LogP contribution in [0.5, 0.6) is 17.4 Å². The van der Waals surface area contributed by atoms with Gasteiger partial charge >= 0.3 is 0 Å². The molecule has 0 amide bonds. The minimum atomic E-state index is 0.543. The van der Waals surface area contributed by atoms with E-state index in [2.05, 4.69) is 15.3 Å². The van der Waals surface area contributed by atoms with Gasteiger partial charge in [-0.25, -0.2) is 9.97 Å². The summed E-state index contributed by atoms with van der Waals surface area (Å²) in [5.41, 5.74) is 2.81. The Morgan fingerprint density at radius 1 is 0.750 bits per heavy atom. The van der Waals surface area contributed by atoms with Crippen LogP contribution in [0.2, 0.25) is 0 Å². The molecule has 0 fully saturated rings. The van der Waals surface area contributed by atoms with Crippen molar-refractivity contribution in [3.8, 4) is 28.5 Å². The fourth-order valence-corrected chi connectivity index (χ4v) is 2.78. The van der Waals surface area contributed by atoms with Gasteiger partial charge in [0.1, 0.15) is 17.3 Å². The third kappa shape index (κ3) is 4.10. The molecular weight excluding hydrogens is 350 g/mol. The molecule has 1 N–H and O–H groups in total. The Kier molecular flexibility index (Phi) is 5.15. The maximum absolute atomic E-state index is 6.05. The fraction of sp³-hybridized carbons (Fsp3) is 0.0435. The van der Waals surface area contributed by atoms with Gasteiger partial charge in [-0.15, -0.1) is 0 Å². The van der Waals surface area contributed by atoms with E-state index in [4.69, 9.17) is 9.47 Å². The smallest absolute Gasteiger partial charge is 0.227 e. The molecule has 2 aromatic heterocycles. The Morgan fingerprint density at radius 3 is 2.39 bits per heavy atom. The van der Waals surface area contributed by atoms with Gasteiger partial charge in [0.25, 0.3) is 0 Å². The molecule has 0 radical (unpaired) electrons. The Bertz CT molecular complexity index is 1050. The monoisotopic (exact) mass is 369 g/mol. The zero-order valence-electron chi connectivity index (χ0n) is 15.4. The van der Waals surface area contributed by atoms with Crippen molar-refractivity contribution in [2.75, 3.05) is 12.4 Å². The van der Waals surface area contributed by atoms with Gasteiger partial charge < -0.3 is 14.8 Å². The normalized spacial score (nSPS) is 10.3. The molecule has 28 heavy (non-hydrogen) atoms. The molecule has 5 heteroatoms. The molecule has 5 nitrogen and oxygen atoms in total. The number of nitrogens with one attached hydrogen (secondary N) is 1. The third-order valence-electron chi connectivity index (χ3n) is 4.16. The van der Waals surface area contributed by atoms with Crippen LogP contribution >= 0.6 is 0 Å². The van der Waals surface area contributed by atoms with Crippen LogP contribution in [0, 0.1) is 0 Å². The molecule has 2 heterocycles. The number of hydrogen-bond acceptors (Lipinski definition) is 5. The van der Waals surface area contributed by atoms with Gasteiger partial charge in [0.15, 0.2) is 0 Å². The SMILES string of the molecule is COc1cccc(-c2cccnc2Oc2ccc(Nc3ccccn3)cc2)c1. The number of anilines is 2. The van der Waals surface area contributed by atoms with Crippen molar-refractivity contribution in [3.63, 3.8) is 0 Å². The highest BCUT2D eigenvalue weighted by Crippen LogP contribution is 2.33. The molecule has 2 aromatic carbocycles. The summed E-state index contributed by atoms with van der Waals surface area (Å²) in [6, 6.07) is 25.1. The summed E-state index contributed by atoms with van der Waals surface area (Å²) in [5, 5.41) is 3.25. The predicted molar refractivity (Wildman–Crippen MR) is 110 cm³/mol. The summed E-state index contributed by atoms with van der Waals surface area (Å²) in [5.74, 6) is 2.83. The summed E-state index contributed by atoms with van der Waals surface area (Å²) >= 11 is 0. The second-order valence-corrected chi connectivity index (χ2v) is 6.05. The van der Waals surface area contributed by atoms with Gasteiger partial charge in [-0.1, -0.05) is 18.2 Å². The first-order valence-corrected chi connectivity index (χ1v) is 8.87. The second kappa shape index (κ2) is 8.22. The van der Waals surface area contributed by atoms with Crippen molar-refractivity contribution >= 4 is 11.5 Å². The highest BCUT2D eigenvalue weighted by Gasteiger charge is 2.09. The van der Waals surface area contributed by atoms with E-state index >= 15 is 0 Å². The number of aromatic nitrogens is 2. The van der Waals surface area contributed by atoms with Crippen molar-refractivity contribution in [3.05, 3.63) is 91.3 Å². The molecule has 0 saturated heterocycles. The Balaban J connectivity index is 1.55. The fourth-order valence-electron chi connectivity index (χ4n) is 2.78. The van der Waals surface area contributed by atoms with E-state index in [1.807, 2.05) is 78.9 Å². The lowest BCUT2D eigenvalue weighted by Gasteiger charge is -2.11. The summed E-state index contributed by atoms with van der Waals surface area (Å²) < 4.78 is 11.4. The van der Waals surface area contributed by atoms with Crippen LogP contribution in [0.25, 0.3) is 11.1 Å². The number of pyridine rings is 2. The molecular formula is C23H19N3O2. The van der Waals surface area contributed by atoms with E-state index < -0.39 is 0 Å². The number of rotatable bonds is 6. The van der Waals surface area contributed by atoms with E-state index in [1.54, 1.807) is 19.5 Å². The van der Waals surface area contributed by atoms with Crippen molar-refractivity contribution in [2.45, 2.75) is 0 Å². The maximum Gasteiger partial charge on any atom is 0.227 e. The van der Waals surface area contributed by atoms with Crippen LogP contribution in [0.3, 0.4) is 0 Å². The average molecular weight is 369 g/mol. The minimum Gasteiger partial charge on any atom is -0.497 e. The molecule has 0 atom stereocenters. The lowest BCUT2D eigenvalue weighted by molar-refractivity contribution is 0.415. The molecule has 138 valence electrons. The quantitative estimate of drug-likeness (QED) is 0.473. The van der Waals surface area contributed by atoms with Gasteiger partial charge in [-0.2, -0.15) is 0 Å². The average Bonchev–Trinajstić information content (AvgIpc) is 2.76. The van der Waals surface area contributed by atoms with Crippen molar-refractivity contribution < 1.29 is 9.47 Å². The molecule has 0 aliphatic rings. The van der Waals surface area contributed by atoms with Crippen LogP contribution in [0.1, 0.15) is 0 Å². The Hall–Kier alpha value is -3.86. The lowest BCUT2D eigenvalue weighted by Crippen LogP contribution is -1.94. The number of benzene rings is 2. The standard InChI is InChI=1S/C23H19N3O2/c1-27-20-7-4-6-17(16-20)21-8-5-15-25-23(21)28-19-12-10-18(11-13-19)26-22-9-2-3-14-24-22/h2-16H,1H3,(H,24,26). The van der Waals surface area contributed by atoms with Crippen LogP contribution in [-0.4, -0.2) is 17.1 Å². The first-order valence-electron chi connectivity index (χ1n) is 8.87. The molecule has 4 aromatic rings. The van der Waals surface area contributed by atoms with E-state index in [9.17, 15) is 0 Å². The summed E-state index contributed by atoms with van der Waals surface area (Å²) in [6.07, 6.45) is 3.47. The van der Waals surface area contributed by atoms with Gasteiger partial charge in [0.2, 0.25) is 5.88 Å². The van der Waals surface area contributed by atoms with E-state index in [0.29, 0.717) is 11.6 Å². The van der Waals surface area contributed by atoms with E-state index in [1.165, 1.54) is 0 Å². The molecule has 0 saturated carbocycles. The largest absolute Gasteiger partial charge is 0.497 e. The van der Waals surface area contributed by atoms with E-state index in [-0.39, 0.29) is 0 Å². The van der Waals surface area contributed by atoms with Crippen LogP contribution < -0.4 is 14.8 Å². The first kappa shape index (κ1) is 17.5. The number of nitrogens with zero attached hydrogens (tertiary/aromatic N) is 2. The highest BCUT2D eigenvalue weighted by atomic mass is 16.5. The molecule has 0 spiro atoms. The molecule has 0 unspecified atom stereocenters. The minimum absolute atomic E-state index is 0.543. The number of methoxy groups -OCH3 is 1. The lowest BCUT2D eigenvalue weighted by atomic mass is 10.1. The first-order chi connectivity index (χ1) is 13.8. The van der Waals surface area contributed by atoms with Crippen molar-refractivity contribution in [1.29, 1.82) is 0 Å². The summed E-state index contributed by atoms with van der Waals surface area (Å²) in [6.45, 7) is 0. The zero-order valence-corrected chi connectivity index (χ0v) is 15.4. The highest BCUT2D eigenvalue weighted by molar-refractivity contribution is 5.70. The van der Waals surface area contributed by atoms with Crippen molar-refractivity contribution in [1.82, 2.24) is 9.97 Å². The van der Waals surface area contributed by atoms with Crippen LogP contribution in [-0.2, 0) is 0 Å². The molecule has 0 bridgehead atoms. The summed E-state index contributed by atoms with van der Waals surface area (Å²) in [7, 11) is 1.65. The second-order valence-electron chi connectivity index (χ2n) is 6.05. The molecule has 4 rings (SSSR count). The Morgan fingerprint density at radius 2 is 1.61 bits per heavy atom. The van der Waals surface area contributed by atoms with Gasteiger partial charge in [0.05, 0.1) is 7.11 Å². The van der Waals surface area contributed by atoms with Gasteiger partial charge in [-0.3, -0.25) is 0 Å². The third-order valence-corrected chi connectivity index (χ3v) is 4.16. The van der Waals surface area contributed by atoms with Gasteiger partial charge in [0, 0.05) is 23.6 Å². The number of hydrogen-bond donors (Lipinski definition) is 1. The molecule has 0 aliphatic heterocycles. The Labute approximate surface area is 163 Å². The van der Waals surface area contributed by atoms with E-state index in [0.717, 1.165) is 28.4 Å². The molecule has 0 aliphatic carbocycles. The van der Waals surface area contributed by atoms with Gasteiger partial charge in [-0.05, 0) is 66.2 Å². The predicted octanol–water partition coefficient (Wildman–Crippen LogP) is 5.69. The zero-order chi connectivity index (χ0) is 19.2. The van der Waals surface area contributed by atoms with Crippen LogP contribution in [0.4, 0.5) is 11.5 Å². The topological polar surface area (TPSA) is 56.3 Å². The van der Waals surface area contributed by atoms with Crippen molar-refractivity contribution in [2.24, 2.45) is 0 Å². The number of ether oxygens (including phenoxy) is 2.